The lowest BCUT2D eigenvalue weighted by Crippen LogP contribution is -2.51. The van der Waals surface area contributed by atoms with E-state index in [0.29, 0.717) is 11.4 Å². The van der Waals surface area contributed by atoms with Gasteiger partial charge in [-0.15, -0.1) is 0 Å². The van der Waals surface area contributed by atoms with Crippen molar-refractivity contribution in [2.75, 3.05) is 38.2 Å². The van der Waals surface area contributed by atoms with E-state index in [0.717, 1.165) is 24.8 Å². The minimum atomic E-state index is -3.26. The normalized spacial score (nSPS) is 18.7. The van der Waals surface area contributed by atoms with Crippen LogP contribution in [0.4, 0.5) is 0 Å². The monoisotopic (exact) mass is 355 g/mol. The first-order valence-corrected chi connectivity index (χ1v) is 10.4. The van der Waals surface area contributed by atoms with E-state index in [-0.39, 0.29) is 10.5 Å². The quantitative estimate of drug-likeness (QED) is 0.660. The zero-order chi connectivity index (χ0) is 16.9. The fourth-order valence-electron chi connectivity index (χ4n) is 2.57. The van der Waals surface area contributed by atoms with Gasteiger partial charge in [-0.1, -0.05) is 18.2 Å². The third-order valence-electron chi connectivity index (χ3n) is 3.69. The Kier molecular flexibility index (Phi) is 5.97. The summed E-state index contributed by atoms with van der Waals surface area (Å²) in [6.45, 7) is 6.63. The largest absolute Gasteiger partial charge is 0.355 e. The van der Waals surface area contributed by atoms with Gasteiger partial charge in [-0.2, -0.15) is 11.8 Å². The first kappa shape index (κ1) is 18.1. The molecule has 1 aromatic carbocycles. The molecule has 1 aliphatic rings. The van der Waals surface area contributed by atoms with Crippen LogP contribution in [0.25, 0.3) is 0 Å². The molecule has 1 fully saturated rings. The average Bonchev–Trinajstić information content (AvgIpc) is 2.51. The standard InChI is InChI=1S/C16H25N3O2S2/c1-16(2)13-19(10-11-22-16)15(17-3)18-9-12-23(20,21)14-7-5-4-6-8-14/h4-8H,9-13H2,1-3H3,(H,17,18). The number of nitrogens with zero attached hydrogens (tertiary/aromatic N) is 2. The van der Waals surface area contributed by atoms with E-state index < -0.39 is 9.84 Å². The van der Waals surface area contributed by atoms with E-state index in [1.54, 1.807) is 31.3 Å². The van der Waals surface area contributed by atoms with E-state index in [1.807, 2.05) is 17.8 Å². The Morgan fingerprint density at radius 1 is 1.35 bits per heavy atom. The second-order valence-electron chi connectivity index (χ2n) is 6.14. The maximum absolute atomic E-state index is 12.3. The van der Waals surface area contributed by atoms with Gasteiger partial charge in [-0.25, -0.2) is 8.42 Å². The van der Waals surface area contributed by atoms with Crippen LogP contribution in [0.3, 0.4) is 0 Å². The first-order valence-electron chi connectivity index (χ1n) is 7.71. The van der Waals surface area contributed by atoms with Gasteiger partial charge in [0.25, 0.3) is 0 Å². The molecule has 7 heteroatoms. The van der Waals surface area contributed by atoms with E-state index in [2.05, 4.69) is 29.1 Å². The molecule has 0 aliphatic carbocycles. The zero-order valence-electron chi connectivity index (χ0n) is 13.9. The lowest BCUT2D eigenvalue weighted by atomic mass is 10.2. The predicted octanol–water partition coefficient (Wildman–Crippen LogP) is 1.86. The highest BCUT2D eigenvalue weighted by molar-refractivity contribution is 8.00. The lowest BCUT2D eigenvalue weighted by Gasteiger charge is -2.39. The number of benzene rings is 1. The van der Waals surface area contributed by atoms with E-state index in [1.165, 1.54) is 0 Å². The number of hydrogen-bond acceptors (Lipinski definition) is 4. The molecule has 1 aromatic rings. The van der Waals surface area contributed by atoms with Crippen molar-refractivity contribution in [1.29, 1.82) is 0 Å². The molecule has 0 aromatic heterocycles. The molecule has 0 radical (unpaired) electrons. The summed E-state index contributed by atoms with van der Waals surface area (Å²) in [5.74, 6) is 1.89. The van der Waals surface area contributed by atoms with Crippen LogP contribution in [-0.2, 0) is 9.84 Å². The minimum absolute atomic E-state index is 0.0576. The number of nitrogens with one attached hydrogen (secondary N) is 1. The Morgan fingerprint density at radius 3 is 2.65 bits per heavy atom. The Labute approximate surface area is 143 Å². The van der Waals surface area contributed by atoms with Crippen molar-refractivity contribution in [1.82, 2.24) is 10.2 Å². The molecule has 1 heterocycles. The number of rotatable bonds is 4. The van der Waals surface area contributed by atoms with Gasteiger partial charge in [-0.3, -0.25) is 4.99 Å². The SMILES string of the molecule is CN=C(NCCS(=O)(=O)c1ccccc1)N1CCSC(C)(C)C1. The molecule has 1 aliphatic heterocycles. The first-order chi connectivity index (χ1) is 10.8. The summed E-state index contributed by atoms with van der Waals surface area (Å²) in [7, 11) is -1.52. The van der Waals surface area contributed by atoms with Crippen molar-refractivity contribution in [2.24, 2.45) is 4.99 Å². The van der Waals surface area contributed by atoms with Crippen LogP contribution in [0.2, 0.25) is 0 Å². The molecule has 0 saturated carbocycles. The van der Waals surface area contributed by atoms with Crippen molar-refractivity contribution in [3.8, 4) is 0 Å². The molecule has 1 N–H and O–H groups in total. The molecule has 2 rings (SSSR count). The van der Waals surface area contributed by atoms with E-state index >= 15 is 0 Å². The third-order valence-corrected chi connectivity index (χ3v) is 6.72. The van der Waals surface area contributed by atoms with Gasteiger partial charge in [-0.05, 0) is 26.0 Å². The summed E-state index contributed by atoms with van der Waals surface area (Å²) in [6.07, 6.45) is 0. The average molecular weight is 356 g/mol. The predicted molar refractivity (Wildman–Crippen MR) is 98.0 cm³/mol. The molecule has 0 amide bonds. The van der Waals surface area contributed by atoms with E-state index in [4.69, 9.17) is 0 Å². The maximum atomic E-state index is 12.3. The summed E-state index contributed by atoms with van der Waals surface area (Å²) in [5.41, 5.74) is 0. The van der Waals surface area contributed by atoms with Crippen LogP contribution >= 0.6 is 11.8 Å². The van der Waals surface area contributed by atoms with Crippen LogP contribution in [0, 0.1) is 0 Å². The summed E-state index contributed by atoms with van der Waals surface area (Å²) in [5, 5.41) is 3.19. The molecule has 128 valence electrons. The molecule has 0 unspecified atom stereocenters. The Morgan fingerprint density at radius 2 is 2.04 bits per heavy atom. The van der Waals surface area contributed by atoms with Crippen LogP contribution in [0.15, 0.2) is 40.2 Å². The van der Waals surface area contributed by atoms with Gasteiger partial charge in [0.2, 0.25) is 0 Å². The summed E-state index contributed by atoms with van der Waals surface area (Å²) in [4.78, 5) is 6.86. The van der Waals surface area contributed by atoms with Gasteiger partial charge in [0.05, 0.1) is 10.6 Å². The van der Waals surface area contributed by atoms with E-state index in [9.17, 15) is 8.42 Å². The van der Waals surface area contributed by atoms with Crippen LogP contribution < -0.4 is 5.32 Å². The van der Waals surface area contributed by atoms with Crippen molar-refractivity contribution < 1.29 is 8.42 Å². The number of sulfone groups is 1. The van der Waals surface area contributed by atoms with Crippen LogP contribution in [0.5, 0.6) is 0 Å². The summed E-state index contributed by atoms with van der Waals surface area (Å²) < 4.78 is 24.8. The Bertz CT molecular complexity index is 643. The third kappa shape index (κ3) is 5.14. The van der Waals surface area contributed by atoms with Gasteiger partial charge in [0.1, 0.15) is 0 Å². The molecular formula is C16H25N3O2S2. The number of hydrogen-bond donors (Lipinski definition) is 1. The molecule has 5 nitrogen and oxygen atoms in total. The smallest absolute Gasteiger partial charge is 0.193 e. The molecule has 23 heavy (non-hydrogen) atoms. The molecule has 1 saturated heterocycles. The number of aliphatic imine (C=N–C) groups is 1. The maximum Gasteiger partial charge on any atom is 0.193 e. The fourth-order valence-corrected chi connectivity index (χ4v) is 4.86. The Balaban J connectivity index is 1.92. The van der Waals surface area contributed by atoms with Crippen molar-refractivity contribution in [3.05, 3.63) is 30.3 Å². The fraction of sp³-hybridized carbons (Fsp3) is 0.562. The molecule has 0 atom stereocenters. The summed E-state index contributed by atoms with van der Waals surface area (Å²) in [6, 6.07) is 8.57. The minimum Gasteiger partial charge on any atom is -0.355 e. The van der Waals surface area contributed by atoms with Crippen molar-refractivity contribution >= 4 is 27.6 Å². The second kappa shape index (κ2) is 7.57. The van der Waals surface area contributed by atoms with Crippen molar-refractivity contribution in [3.63, 3.8) is 0 Å². The van der Waals surface area contributed by atoms with Crippen molar-refractivity contribution in [2.45, 2.75) is 23.5 Å². The van der Waals surface area contributed by atoms with Gasteiger partial charge < -0.3 is 10.2 Å². The highest BCUT2D eigenvalue weighted by Crippen LogP contribution is 2.29. The second-order valence-corrected chi connectivity index (χ2v) is 10.0. The zero-order valence-corrected chi connectivity index (χ0v) is 15.6. The van der Waals surface area contributed by atoms with Gasteiger partial charge in [0, 0.05) is 37.2 Å². The highest BCUT2D eigenvalue weighted by atomic mass is 32.2. The van der Waals surface area contributed by atoms with Crippen LogP contribution in [0.1, 0.15) is 13.8 Å². The molecule has 0 bridgehead atoms. The molecule has 0 spiro atoms. The van der Waals surface area contributed by atoms with Gasteiger partial charge in [0.15, 0.2) is 15.8 Å². The topological polar surface area (TPSA) is 61.8 Å². The number of guanidine groups is 1. The van der Waals surface area contributed by atoms with Crippen LogP contribution in [-0.4, -0.2) is 62.2 Å². The number of thioether (sulfide) groups is 1. The van der Waals surface area contributed by atoms with Gasteiger partial charge >= 0.3 is 0 Å². The Hall–Kier alpha value is -1.21. The molecular weight excluding hydrogens is 330 g/mol. The highest BCUT2D eigenvalue weighted by Gasteiger charge is 2.28. The summed E-state index contributed by atoms with van der Waals surface area (Å²) >= 11 is 1.96. The lowest BCUT2D eigenvalue weighted by molar-refractivity contribution is 0.377.